The summed E-state index contributed by atoms with van der Waals surface area (Å²) in [5.74, 6) is 0.865. The molecule has 4 nitrogen and oxygen atoms in total. The van der Waals surface area contributed by atoms with Gasteiger partial charge >= 0.3 is 0 Å². The summed E-state index contributed by atoms with van der Waals surface area (Å²) in [6.45, 7) is 6.35. The zero-order valence-corrected chi connectivity index (χ0v) is 17.2. The van der Waals surface area contributed by atoms with Crippen molar-refractivity contribution in [3.05, 3.63) is 35.4 Å². The van der Waals surface area contributed by atoms with E-state index in [4.69, 9.17) is 0 Å². The van der Waals surface area contributed by atoms with Gasteiger partial charge in [0.1, 0.15) is 0 Å². The number of piperidine rings is 1. The van der Waals surface area contributed by atoms with Crippen molar-refractivity contribution >= 4 is 30.7 Å². The van der Waals surface area contributed by atoms with Crippen molar-refractivity contribution in [2.45, 2.75) is 51.6 Å². The largest absolute Gasteiger partial charge is 0.352 e. The second-order valence-corrected chi connectivity index (χ2v) is 7.33. The van der Waals surface area contributed by atoms with Gasteiger partial charge in [-0.3, -0.25) is 9.69 Å². The van der Waals surface area contributed by atoms with Crippen LogP contribution in [0.25, 0.3) is 0 Å². The first-order valence-electron chi connectivity index (χ1n) is 9.57. The summed E-state index contributed by atoms with van der Waals surface area (Å²) in [6.07, 6.45) is 6.92. The van der Waals surface area contributed by atoms with E-state index in [-0.39, 0.29) is 30.7 Å². The Labute approximate surface area is 170 Å². The van der Waals surface area contributed by atoms with Gasteiger partial charge < -0.3 is 10.6 Å². The maximum Gasteiger partial charge on any atom is 0.220 e. The minimum absolute atomic E-state index is 0. The highest BCUT2D eigenvalue weighted by Crippen LogP contribution is 2.15. The molecule has 2 heterocycles. The first-order chi connectivity index (χ1) is 11.8. The summed E-state index contributed by atoms with van der Waals surface area (Å²) < 4.78 is 0. The average molecular weight is 402 g/mol. The summed E-state index contributed by atoms with van der Waals surface area (Å²) in [6, 6.07) is 8.72. The first kappa shape index (κ1) is 23.2. The molecule has 6 heteroatoms. The van der Waals surface area contributed by atoms with Gasteiger partial charge in [-0.05, 0) is 68.9 Å². The lowest BCUT2D eigenvalue weighted by Crippen LogP contribution is -2.29. The van der Waals surface area contributed by atoms with Crippen LogP contribution in [0.5, 0.6) is 0 Å². The van der Waals surface area contributed by atoms with Crippen LogP contribution in [-0.2, 0) is 17.9 Å². The number of halogens is 2. The normalized spacial score (nSPS) is 20.1. The molecule has 26 heavy (non-hydrogen) atoms. The lowest BCUT2D eigenvalue weighted by molar-refractivity contribution is -0.121. The summed E-state index contributed by atoms with van der Waals surface area (Å²) in [4.78, 5) is 14.5. The minimum atomic E-state index is 0. The van der Waals surface area contributed by atoms with Crippen molar-refractivity contribution in [3.8, 4) is 0 Å². The van der Waals surface area contributed by atoms with E-state index in [9.17, 15) is 4.79 Å². The first-order valence-corrected chi connectivity index (χ1v) is 9.57. The third-order valence-electron chi connectivity index (χ3n) is 5.31. The fraction of sp³-hybridized carbons (Fsp3) is 0.650. The number of amides is 1. The Morgan fingerprint density at radius 3 is 2.42 bits per heavy atom. The molecule has 1 unspecified atom stereocenters. The van der Waals surface area contributed by atoms with Crippen molar-refractivity contribution < 1.29 is 4.79 Å². The van der Waals surface area contributed by atoms with E-state index >= 15 is 0 Å². The average Bonchev–Trinajstić information content (AvgIpc) is 3.14. The molecule has 1 aromatic carbocycles. The fourth-order valence-electron chi connectivity index (χ4n) is 3.72. The number of nitrogens with one attached hydrogen (secondary N) is 2. The van der Waals surface area contributed by atoms with Gasteiger partial charge in [-0.2, -0.15) is 0 Å². The molecule has 1 atom stereocenters. The molecule has 1 amide bonds. The van der Waals surface area contributed by atoms with Crippen molar-refractivity contribution in [3.63, 3.8) is 0 Å². The third-order valence-corrected chi connectivity index (χ3v) is 5.31. The van der Waals surface area contributed by atoms with E-state index in [1.54, 1.807) is 0 Å². The van der Waals surface area contributed by atoms with Gasteiger partial charge in [0.25, 0.3) is 0 Å². The number of rotatable bonds is 7. The van der Waals surface area contributed by atoms with Gasteiger partial charge in [-0.25, -0.2) is 0 Å². The van der Waals surface area contributed by atoms with E-state index in [2.05, 4.69) is 39.8 Å². The highest BCUT2D eigenvalue weighted by atomic mass is 35.5. The Morgan fingerprint density at radius 2 is 1.77 bits per heavy atom. The summed E-state index contributed by atoms with van der Waals surface area (Å²) >= 11 is 0. The lowest BCUT2D eigenvalue weighted by atomic mass is 10.0. The number of carbonyl (C=O) groups excluding carboxylic acids is 1. The smallest absolute Gasteiger partial charge is 0.220 e. The monoisotopic (exact) mass is 401 g/mol. The predicted octanol–water partition coefficient (Wildman–Crippen LogP) is 3.52. The molecule has 2 aliphatic rings. The third kappa shape index (κ3) is 7.83. The van der Waals surface area contributed by atoms with Gasteiger partial charge in [-0.1, -0.05) is 30.7 Å². The molecule has 0 aromatic heterocycles. The Morgan fingerprint density at radius 1 is 1.08 bits per heavy atom. The van der Waals surface area contributed by atoms with Crippen LogP contribution >= 0.6 is 24.8 Å². The molecule has 1 aromatic rings. The Balaban J connectivity index is 0.00000169. The highest BCUT2D eigenvalue weighted by molar-refractivity contribution is 5.85. The summed E-state index contributed by atoms with van der Waals surface area (Å²) in [5, 5.41) is 6.41. The molecule has 2 fully saturated rings. The number of carbonyl (C=O) groups is 1. The molecule has 2 aliphatic heterocycles. The molecule has 0 saturated carbocycles. The summed E-state index contributed by atoms with van der Waals surface area (Å²) in [5.41, 5.74) is 2.56. The van der Waals surface area contributed by atoms with E-state index in [1.807, 2.05) is 0 Å². The quantitative estimate of drug-likeness (QED) is 0.734. The topological polar surface area (TPSA) is 44.4 Å². The van der Waals surface area contributed by atoms with Crippen molar-refractivity contribution in [1.29, 1.82) is 0 Å². The van der Waals surface area contributed by atoms with Gasteiger partial charge in [0.2, 0.25) is 5.91 Å². The number of likely N-dealkylation sites (tertiary alicyclic amines) is 1. The zero-order valence-electron chi connectivity index (χ0n) is 15.5. The standard InChI is InChI=1S/C20H31N3O.2ClH/c24-20(9-8-18-10-11-21-14-18)22-15-17-4-6-19(7-5-17)16-23-12-2-1-3-13-23;;/h4-7,18,21H,1-3,8-16H2,(H,22,24);2*1H. The summed E-state index contributed by atoms with van der Waals surface area (Å²) in [7, 11) is 0. The van der Waals surface area contributed by atoms with E-state index in [1.165, 1.54) is 49.9 Å². The van der Waals surface area contributed by atoms with Gasteiger partial charge in [0, 0.05) is 19.5 Å². The van der Waals surface area contributed by atoms with E-state index in [0.29, 0.717) is 18.9 Å². The Hall–Kier alpha value is -0.810. The van der Waals surface area contributed by atoms with Crippen LogP contribution in [0.3, 0.4) is 0 Å². The van der Waals surface area contributed by atoms with Crippen LogP contribution in [0.4, 0.5) is 0 Å². The number of nitrogens with zero attached hydrogens (tertiary/aromatic N) is 1. The van der Waals surface area contributed by atoms with Crippen LogP contribution in [0.15, 0.2) is 24.3 Å². The minimum Gasteiger partial charge on any atom is -0.352 e. The van der Waals surface area contributed by atoms with Crippen molar-refractivity contribution in [2.75, 3.05) is 26.2 Å². The molecule has 3 rings (SSSR count). The Kier molecular flexibility index (Phi) is 11.2. The molecule has 0 bridgehead atoms. The second kappa shape index (κ2) is 12.6. The molecule has 0 spiro atoms. The highest BCUT2D eigenvalue weighted by Gasteiger charge is 2.15. The molecule has 0 radical (unpaired) electrons. The Bertz CT molecular complexity index is 512. The van der Waals surface area contributed by atoms with Crippen molar-refractivity contribution in [1.82, 2.24) is 15.5 Å². The van der Waals surface area contributed by atoms with Crippen LogP contribution in [0.2, 0.25) is 0 Å². The zero-order chi connectivity index (χ0) is 16.6. The van der Waals surface area contributed by atoms with Crippen LogP contribution in [-0.4, -0.2) is 37.0 Å². The number of benzene rings is 1. The lowest BCUT2D eigenvalue weighted by Gasteiger charge is -2.26. The molecule has 148 valence electrons. The molecule has 0 aliphatic carbocycles. The molecular formula is C20H33Cl2N3O. The van der Waals surface area contributed by atoms with Crippen LogP contribution < -0.4 is 10.6 Å². The van der Waals surface area contributed by atoms with Gasteiger partial charge in [0.15, 0.2) is 0 Å². The van der Waals surface area contributed by atoms with Crippen LogP contribution in [0.1, 0.15) is 49.7 Å². The van der Waals surface area contributed by atoms with Crippen LogP contribution in [0, 0.1) is 5.92 Å². The molecule has 2 N–H and O–H groups in total. The predicted molar refractivity (Wildman–Crippen MR) is 112 cm³/mol. The van der Waals surface area contributed by atoms with Crippen molar-refractivity contribution in [2.24, 2.45) is 5.92 Å². The maximum absolute atomic E-state index is 12.0. The molecule has 2 saturated heterocycles. The SMILES string of the molecule is Cl.Cl.O=C(CCC1CCNC1)NCc1ccc(CN2CCCCC2)cc1. The number of hydrogen-bond donors (Lipinski definition) is 2. The fourth-order valence-corrected chi connectivity index (χ4v) is 3.72. The molecular weight excluding hydrogens is 369 g/mol. The maximum atomic E-state index is 12.0. The number of hydrogen-bond acceptors (Lipinski definition) is 3. The van der Waals surface area contributed by atoms with E-state index in [0.717, 1.165) is 26.1 Å². The van der Waals surface area contributed by atoms with Gasteiger partial charge in [-0.15, -0.1) is 24.8 Å². The second-order valence-electron chi connectivity index (χ2n) is 7.33. The van der Waals surface area contributed by atoms with Gasteiger partial charge in [0.05, 0.1) is 0 Å². The van der Waals surface area contributed by atoms with E-state index < -0.39 is 0 Å².